The summed E-state index contributed by atoms with van der Waals surface area (Å²) < 4.78 is 2.20. The van der Waals surface area contributed by atoms with Crippen molar-refractivity contribution in [3.8, 4) is 5.69 Å². The summed E-state index contributed by atoms with van der Waals surface area (Å²) in [5.74, 6) is 0.227. The van der Waals surface area contributed by atoms with Gasteiger partial charge in [0.15, 0.2) is 0 Å². The highest BCUT2D eigenvalue weighted by molar-refractivity contribution is 5.94. The molecule has 0 unspecified atom stereocenters. The second-order valence-corrected chi connectivity index (χ2v) is 7.02. The molecule has 138 valence electrons. The zero-order valence-corrected chi connectivity index (χ0v) is 15.1. The smallest absolute Gasteiger partial charge is 0.337 e. The van der Waals surface area contributed by atoms with Crippen molar-refractivity contribution in [1.29, 1.82) is 0 Å². The van der Waals surface area contributed by atoms with Gasteiger partial charge in [0.25, 0.3) is 5.56 Å². The van der Waals surface area contributed by atoms with Crippen LogP contribution < -0.4 is 22.3 Å². The fourth-order valence-electron chi connectivity index (χ4n) is 3.42. The minimum Gasteiger partial charge on any atom is -0.383 e. The second-order valence-electron chi connectivity index (χ2n) is 7.02. The Balaban J connectivity index is 2.00. The fraction of sp³-hybridized carbons (Fsp3) is 0.421. The molecule has 0 aliphatic heterocycles. The largest absolute Gasteiger partial charge is 0.383 e. The van der Waals surface area contributed by atoms with Crippen molar-refractivity contribution in [1.82, 2.24) is 9.13 Å². The van der Waals surface area contributed by atoms with Crippen LogP contribution in [-0.2, 0) is 11.8 Å². The Morgan fingerprint density at radius 2 is 1.73 bits per heavy atom. The van der Waals surface area contributed by atoms with E-state index in [1.807, 2.05) is 6.07 Å². The molecule has 1 heterocycles. The number of nitrogens with one attached hydrogen (secondary N) is 1. The van der Waals surface area contributed by atoms with Gasteiger partial charge in [0.05, 0.1) is 5.69 Å². The Bertz CT molecular complexity index is 922. The summed E-state index contributed by atoms with van der Waals surface area (Å²) in [5.41, 5.74) is 5.46. The summed E-state index contributed by atoms with van der Waals surface area (Å²) >= 11 is 0. The molecule has 1 aromatic heterocycles. The van der Waals surface area contributed by atoms with Crippen LogP contribution in [0.1, 0.15) is 32.6 Å². The number of carbonyl (C=O) groups excluding carboxylic acids is 1. The van der Waals surface area contributed by atoms with Crippen LogP contribution >= 0.6 is 0 Å². The molecule has 0 radical (unpaired) electrons. The van der Waals surface area contributed by atoms with E-state index in [2.05, 4.69) is 12.2 Å². The first kappa shape index (κ1) is 18.0. The molecular weight excluding hydrogens is 332 g/mol. The van der Waals surface area contributed by atoms with E-state index in [9.17, 15) is 14.4 Å². The lowest BCUT2D eigenvalue weighted by molar-refractivity contribution is -0.121. The lowest BCUT2D eigenvalue weighted by atomic mass is 9.82. The predicted molar refractivity (Wildman–Crippen MR) is 101 cm³/mol. The Kier molecular flexibility index (Phi) is 4.97. The highest BCUT2D eigenvalue weighted by atomic mass is 16.2. The van der Waals surface area contributed by atoms with Gasteiger partial charge in [-0.3, -0.25) is 14.2 Å². The van der Waals surface area contributed by atoms with E-state index in [-0.39, 0.29) is 23.3 Å². The fourth-order valence-corrected chi connectivity index (χ4v) is 3.42. The minimum absolute atomic E-state index is 0.0421. The molecule has 0 bridgehead atoms. The van der Waals surface area contributed by atoms with Gasteiger partial charge >= 0.3 is 5.69 Å². The Morgan fingerprint density at radius 3 is 2.35 bits per heavy atom. The number of amides is 1. The standard InChI is InChI=1S/C19H24N4O3/c1-12-8-10-13(11-9-12)17(24)21-15-16(20)23(14-6-4-3-5-7-14)19(26)22(2)18(15)25/h3-7,12-13H,8-11,20H2,1-2H3,(H,21,24). The maximum absolute atomic E-state index is 12.6. The van der Waals surface area contributed by atoms with E-state index in [1.54, 1.807) is 24.3 Å². The molecular formula is C19H24N4O3. The van der Waals surface area contributed by atoms with Crippen molar-refractivity contribution in [3.63, 3.8) is 0 Å². The highest BCUT2D eigenvalue weighted by Gasteiger charge is 2.26. The molecule has 0 saturated heterocycles. The van der Waals surface area contributed by atoms with Crippen molar-refractivity contribution in [2.75, 3.05) is 11.1 Å². The topological polar surface area (TPSA) is 99.1 Å². The molecule has 3 rings (SSSR count). The van der Waals surface area contributed by atoms with Crippen molar-refractivity contribution < 1.29 is 4.79 Å². The molecule has 1 amide bonds. The predicted octanol–water partition coefficient (Wildman–Crippen LogP) is 1.88. The average molecular weight is 356 g/mol. The zero-order chi connectivity index (χ0) is 18.8. The van der Waals surface area contributed by atoms with Gasteiger partial charge in [0.2, 0.25) is 5.91 Å². The lowest BCUT2D eigenvalue weighted by Crippen LogP contribution is -2.41. The summed E-state index contributed by atoms with van der Waals surface area (Å²) in [4.78, 5) is 37.7. The van der Waals surface area contributed by atoms with Crippen LogP contribution in [0.15, 0.2) is 39.9 Å². The number of anilines is 2. The first-order valence-electron chi connectivity index (χ1n) is 8.88. The Labute approximate surface area is 151 Å². The van der Waals surface area contributed by atoms with Crippen molar-refractivity contribution in [2.45, 2.75) is 32.6 Å². The third kappa shape index (κ3) is 3.29. The van der Waals surface area contributed by atoms with Gasteiger partial charge in [-0.15, -0.1) is 0 Å². The third-order valence-electron chi connectivity index (χ3n) is 5.14. The zero-order valence-electron chi connectivity index (χ0n) is 15.1. The molecule has 7 heteroatoms. The number of para-hydroxylation sites is 1. The van der Waals surface area contributed by atoms with Crippen LogP contribution in [0.5, 0.6) is 0 Å². The summed E-state index contributed by atoms with van der Waals surface area (Å²) in [6.07, 6.45) is 3.58. The van der Waals surface area contributed by atoms with Gasteiger partial charge in [-0.1, -0.05) is 25.1 Å². The molecule has 3 N–H and O–H groups in total. The second kappa shape index (κ2) is 7.19. The van der Waals surface area contributed by atoms with E-state index in [4.69, 9.17) is 5.73 Å². The van der Waals surface area contributed by atoms with E-state index in [1.165, 1.54) is 11.6 Å². The number of benzene rings is 1. The van der Waals surface area contributed by atoms with Crippen molar-refractivity contribution >= 4 is 17.4 Å². The minimum atomic E-state index is -0.600. The molecule has 1 aromatic carbocycles. The summed E-state index contributed by atoms with van der Waals surface area (Å²) in [7, 11) is 1.38. The number of nitrogens with zero attached hydrogens (tertiary/aromatic N) is 2. The average Bonchev–Trinajstić information content (AvgIpc) is 2.65. The third-order valence-corrected chi connectivity index (χ3v) is 5.14. The van der Waals surface area contributed by atoms with Crippen molar-refractivity contribution in [2.24, 2.45) is 18.9 Å². The number of hydrogen-bond acceptors (Lipinski definition) is 4. The van der Waals surface area contributed by atoms with Gasteiger partial charge in [-0.05, 0) is 43.7 Å². The molecule has 2 aromatic rings. The molecule has 1 aliphatic rings. The molecule has 1 fully saturated rings. The van der Waals surface area contributed by atoms with E-state index >= 15 is 0 Å². The molecule has 7 nitrogen and oxygen atoms in total. The lowest BCUT2D eigenvalue weighted by Gasteiger charge is -2.25. The normalized spacial score (nSPS) is 19.9. The van der Waals surface area contributed by atoms with Crippen molar-refractivity contribution in [3.05, 3.63) is 51.2 Å². The molecule has 1 aliphatic carbocycles. The molecule has 1 saturated carbocycles. The maximum atomic E-state index is 12.6. The SMILES string of the molecule is CC1CCC(C(=O)Nc2c(N)n(-c3ccccc3)c(=O)n(C)c2=O)CC1. The number of nitrogen functional groups attached to an aromatic ring is 1. The van der Waals surface area contributed by atoms with Crippen LogP contribution in [0.25, 0.3) is 5.69 Å². The quantitative estimate of drug-likeness (QED) is 0.877. The number of nitrogens with two attached hydrogens (primary N) is 1. The first-order valence-corrected chi connectivity index (χ1v) is 8.88. The summed E-state index contributed by atoms with van der Waals surface area (Å²) in [5, 5.41) is 2.68. The molecule has 0 atom stereocenters. The molecule has 0 spiro atoms. The van der Waals surface area contributed by atoms with Crippen LogP contribution in [0.4, 0.5) is 11.5 Å². The van der Waals surface area contributed by atoms with Gasteiger partial charge in [0, 0.05) is 13.0 Å². The Hall–Kier alpha value is -2.83. The first-order chi connectivity index (χ1) is 12.4. The van der Waals surface area contributed by atoms with Gasteiger partial charge in [-0.25, -0.2) is 9.36 Å². The Morgan fingerprint density at radius 1 is 1.12 bits per heavy atom. The maximum Gasteiger partial charge on any atom is 0.337 e. The number of carbonyl (C=O) groups is 1. The summed E-state index contributed by atoms with van der Waals surface area (Å²) in [6.45, 7) is 2.18. The molecule has 26 heavy (non-hydrogen) atoms. The number of aromatic nitrogens is 2. The number of hydrogen-bond donors (Lipinski definition) is 2. The van der Waals surface area contributed by atoms with E-state index in [0.717, 1.165) is 30.3 Å². The van der Waals surface area contributed by atoms with Crippen LogP contribution in [0.2, 0.25) is 0 Å². The summed E-state index contributed by atoms with van der Waals surface area (Å²) in [6, 6.07) is 8.80. The van der Waals surface area contributed by atoms with Gasteiger partial charge in [-0.2, -0.15) is 0 Å². The van der Waals surface area contributed by atoms with Crippen LogP contribution in [0.3, 0.4) is 0 Å². The van der Waals surface area contributed by atoms with Crippen LogP contribution in [0, 0.1) is 11.8 Å². The van der Waals surface area contributed by atoms with Gasteiger partial charge in [0.1, 0.15) is 11.5 Å². The highest BCUT2D eigenvalue weighted by Crippen LogP contribution is 2.29. The van der Waals surface area contributed by atoms with E-state index < -0.39 is 11.2 Å². The van der Waals surface area contributed by atoms with E-state index in [0.29, 0.717) is 11.6 Å². The number of rotatable bonds is 3. The van der Waals surface area contributed by atoms with Crippen LogP contribution in [-0.4, -0.2) is 15.0 Å². The monoisotopic (exact) mass is 356 g/mol. The van der Waals surface area contributed by atoms with Gasteiger partial charge < -0.3 is 11.1 Å².